The zero-order chi connectivity index (χ0) is 21.0. The Bertz CT molecular complexity index is 1050. The van der Waals surface area contributed by atoms with Crippen molar-refractivity contribution in [3.63, 3.8) is 0 Å². The molecular weight excluding hydrogens is 410 g/mol. The van der Waals surface area contributed by atoms with Crippen LogP contribution in [-0.2, 0) is 14.3 Å². The van der Waals surface area contributed by atoms with Crippen LogP contribution in [0, 0.1) is 18.3 Å². The number of nitrogens with one attached hydrogen (secondary N) is 1. The van der Waals surface area contributed by atoms with E-state index < -0.39 is 18.4 Å². The van der Waals surface area contributed by atoms with Gasteiger partial charge in [0, 0.05) is 16.8 Å². The summed E-state index contributed by atoms with van der Waals surface area (Å²) in [5.74, 6) is -1.73. The van der Waals surface area contributed by atoms with E-state index >= 15 is 0 Å². The maximum absolute atomic E-state index is 12.4. The van der Waals surface area contributed by atoms with Gasteiger partial charge < -0.3 is 15.0 Å². The fraction of sp³-hybridized carbons (Fsp3) is 0.200. The van der Waals surface area contributed by atoms with Crippen molar-refractivity contribution < 1.29 is 19.1 Å². The lowest BCUT2D eigenvalue weighted by molar-refractivity contribution is -0.145. The van der Waals surface area contributed by atoms with Gasteiger partial charge in [-0.05, 0) is 31.2 Å². The number of thioether (sulfide) groups is 1. The number of carbonyl (C=O) groups excluding carboxylic acids is 3. The number of esters is 1. The number of para-hydroxylation sites is 1. The molecule has 0 atom stereocenters. The van der Waals surface area contributed by atoms with Gasteiger partial charge in [-0.3, -0.25) is 14.4 Å². The van der Waals surface area contributed by atoms with Crippen LogP contribution in [0.3, 0.4) is 0 Å². The largest absolute Gasteiger partial charge is 0.456 e. The summed E-state index contributed by atoms with van der Waals surface area (Å²) in [6.07, 6.45) is 0. The van der Waals surface area contributed by atoms with Crippen molar-refractivity contribution in [1.29, 1.82) is 5.26 Å². The highest BCUT2D eigenvalue weighted by Gasteiger charge is 2.28. The Morgan fingerprint density at radius 3 is 2.62 bits per heavy atom. The molecule has 7 nitrogen and oxygen atoms in total. The van der Waals surface area contributed by atoms with Gasteiger partial charge in [-0.1, -0.05) is 23.9 Å². The number of anilines is 1. The van der Waals surface area contributed by atoms with Crippen LogP contribution in [0.15, 0.2) is 51.9 Å². The number of carbonyl (C=O) groups is 3. The summed E-state index contributed by atoms with van der Waals surface area (Å²) in [6, 6.07) is 12.9. The number of nitrogens with zero attached hydrogens (tertiary/aromatic N) is 2. The Balaban J connectivity index is 1.56. The van der Waals surface area contributed by atoms with Crippen LogP contribution in [0.2, 0.25) is 0 Å². The average Bonchev–Trinajstić information content (AvgIpc) is 3.29. The standard InChI is InChI=1S/C20H17N3O4S2/c1-12-7-8-17(28-12)19(26)22-10-18(25)27-11-15(24)13(9-21)20-23(2)14-5-3-4-6-16(14)29-20/h3-8H,10-11H2,1-2H3,(H,22,26)/b20-13-. The number of thiophene rings is 1. The van der Waals surface area contributed by atoms with E-state index in [9.17, 15) is 19.6 Å². The lowest BCUT2D eigenvalue weighted by Crippen LogP contribution is -2.31. The maximum atomic E-state index is 12.4. The molecule has 0 unspecified atom stereocenters. The Labute approximate surface area is 176 Å². The topological polar surface area (TPSA) is 99.5 Å². The summed E-state index contributed by atoms with van der Waals surface area (Å²) < 4.78 is 4.94. The summed E-state index contributed by atoms with van der Waals surface area (Å²) in [6.45, 7) is 0.951. The zero-order valence-electron chi connectivity index (χ0n) is 15.7. The predicted octanol–water partition coefficient (Wildman–Crippen LogP) is 2.88. The molecule has 1 N–H and O–H groups in total. The molecule has 3 rings (SSSR count). The minimum atomic E-state index is -0.752. The number of rotatable bonds is 6. The molecule has 1 aromatic carbocycles. The van der Waals surface area contributed by atoms with E-state index in [2.05, 4.69) is 5.32 Å². The summed E-state index contributed by atoms with van der Waals surface area (Å²) >= 11 is 2.63. The first-order chi connectivity index (χ1) is 13.9. The molecule has 2 heterocycles. The second-order valence-corrected chi connectivity index (χ2v) is 8.42. The lowest BCUT2D eigenvalue weighted by atomic mass is 10.2. The Kier molecular flexibility index (Phi) is 6.36. The minimum absolute atomic E-state index is 0.0698. The second kappa shape index (κ2) is 8.94. The average molecular weight is 428 g/mol. The van der Waals surface area contributed by atoms with Gasteiger partial charge in [-0.25, -0.2) is 0 Å². The van der Waals surface area contributed by atoms with Crippen LogP contribution in [-0.4, -0.2) is 37.9 Å². The lowest BCUT2D eigenvalue weighted by Gasteiger charge is -2.14. The van der Waals surface area contributed by atoms with Gasteiger partial charge in [0.25, 0.3) is 5.91 Å². The Morgan fingerprint density at radius 1 is 1.21 bits per heavy atom. The van der Waals surface area contributed by atoms with Crippen molar-refractivity contribution in [2.24, 2.45) is 0 Å². The monoisotopic (exact) mass is 427 g/mol. The molecule has 0 saturated heterocycles. The molecule has 1 aliphatic heterocycles. The van der Waals surface area contributed by atoms with Crippen LogP contribution in [0.1, 0.15) is 14.5 Å². The third kappa shape index (κ3) is 4.67. The van der Waals surface area contributed by atoms with Crippen molar-refractivity contribution in [1.82, 2.24) is 5.32 Å². The maximum Gasteiger partial charge on any atom is 0.325 e. The fourth-order valence-corrected chi connectivity index (χ4v) is 4.56. The van der Waals surface area contributed by atoms with Crippen LogP contribution >= 0.6 is 23.1 Å². The van der Waals surface area contributed by atoms with Crippen molar-refractivity contribution in [3.8, 4) is 6.07 Å². The Hall–Kier alpha value is -3.09. The number of ketones is 1. The third-order valence-electron chi connectivity index (χ3n) is 4.06. The smallest absolute Gasteiger partial charge is 0.325 e. The van der Waals surface area contributed by atoms with Crippen molar-refractivity contribution in [3.05, 3.63) is 56.8 Å². The first-order valence-electron chi connectivity index (χ1n) is 8.59. The quantitative estimate of drug-likeness (QED) is 0.430. The summed E-state index contributed by atoms with van der Waals surface area (Å²) in [5, 5.41) is 12.4. The van der Waals surface area contributed by atoms with Gasteiger partial charge in [-0.2, -0.15) is 5.26 Å². The van der Waals surface area contributed by atoms with E-state index in [0.29, 0.717) is 9.91 Å². The SMILES string of the molecule is Cc1ccc(C(=O)NCC(=O)OCC(=O)/C(C#N)=C2\Sc3ccccc3N2C)s1. The van der Waals surface area contributed by atoms with E-state index in [1.54, 1.807) is 18.0 Å². The number of hydrogen-bond acceptors (Lipinski definition) is 8. The van der Waals surface area contributed by atoms with E-state index in [1.807, 2.05) is 43.3 Å². The molecular formula is C20H17N3O4S2. The number of nitriles is 1. The molecule has 1 aliphatic rings. The highest BCUT2D eigenvalue weighted by Crippen LogP contribution is 2.46. The number of ether oxygens (including phenoxy) is 1. The molecule has 0 saturated carbocycles. The van der Waals surface area contributed by atoms with Gasteiger partial charge >= 0.3 is 5.97 Å². The van der Waals surface area contributed by atoms with E-state index in [4.69, 9.17) is 4.74 Å². The van der Waals surface area contributed by atoms with Crippen molar-refractivity contribution in [2.45, 2.75) is 11.8 Å². The van der Waals surface area contributed by atoms with E-state index in [-0.39, 0.29) is 18.0 Å². The molecule has 2 aromatic rings. The number of fused-ring (bicyclic) bond motifs is 1. The molecule has 0 spiro atoms. The first-order valence-corrected chi connectivity index (χ1v) is 10.2. The Morgan fingerprint density at radius 2 is 1.97 bits per heavy atom. The predicted molar refractivity (Wildman–Crippen MR) is 111 cm³/mol. The summed E-state index contributed by atoms with van der Waals surface area (Å²) in [4.78, 5) is 40.4. The highest BCUT2D eigenvalue weighted by molar-refractivity contribution is 8.03. The molecule has 1 amide bonds. The third-order valence-corrected chi connectivity index (χ3v) is 6.30. The number of Topliss-reactive ketones (excluding diaryl/α,β-unsaturated/α-hetero) is 1. The summed E-state index contributed by atoms with van der Waals surface area (Å²) in [5.41, 5.74) is 0.830. The molecule has 0 radical (unpaired) electrons. The van der Waals surface area contributed by atoms with Crippen LogP contribution in [0.4, 0.5) is 5.69 Å². The molecule has 0 aliphatic carbocycles. The molecule has 0 bridgehead atoms. The highest BCUT2D eigenvalue weighted by atomic mass is 32.2. The minimum Gasteiger partial charge on any atom is -0.456 e. The van der Waals surface area contributed by atoms with Gasteiger partial charge in [0.05, 0.1) is 10.6 Å². The molecule has 9 heteroatoms. The number of hydrogen-bond donors (Lipinski definition) is 1. The number of aryl methyl sites for hydroxylation is 1. The fourth-order valence-electron chi connectivity index (χ4n) is 2.62. The van der Waals surface area contributed by atoms with Gasteiger partial charge in [0.2, 0.25) is 5.78 Å². The van der Waals surface area contributed by atoms with Crippen LogP contribution in [0.25, 0.3) is 0 Å². The van der Waals surface area contributed by atoms with E-state index in [0.717, 1.165) is 15.5 Å². The van der Waals surface area contributed by atoms with Gasteiger partial charge in [-0.15, -0.1) is 11.3 Å². The van der Waals surface area contributed by atoms with E-state index in [1.165, 1.54) is 23.1 Å². The summed E-state index contributed by atoms with van der Waals surface area (Å²) in [7, 11) is 1.77. The van der Waals surface area contributed by atoms with Crippen molar-refractivity contribution in [2.75, 3.05) is 25.1 Å². The molecule has 1 aromatic heterocycles. The second-order valence-electron chi connectivity index (χ2n) is 6.10. The number of benzene rings is 1. The molecule has 0 fully saturated rings. The van der Waals surface area contributed by atoms with Crippen LogP contribution in [0.5, 0.6) is 0 Å². The normalized spacial score (nSPS) is 14.0. The first kappa shape index (κ1) is 20.6. The zero-order valence-corrected chi connectivity index (χ0v) is 17.4. The molecule has 148 valence electrons. The van der Waals surface area contributed by atoms with Crippen LogP contribution < -0.4 is 10.2 Å². The van der Waals surface area contributed by atoms with Crippen molar-refractivity contribution >= 4 is 46.4 Å². The number of amides is 1. The van der Waals surface area contributed by atoms with Gasteiger partial charge in [0.15, 0.2) is 6.61 Å². The molecule has 29 heavy (non-hydrogen) atoms. The van der Waals surface area contributed by atoms with Gasteiger partial charge in [0.1, 0.15) is 23.2 Å².